The first-order chi connectivity index (χ1) is 14.0. The number of hydrogen-bond donors (Lipinski definition) is 2. The quantitative estimate of drug-likeness (QED) is 0.474. The second-order valence-electron chi connectivity index (χ2n) is 7.54. The van der Waals surface area contributed by atoms with Crippen LogP contribution in [0.3, 0.4) is 0 Å². The van der Waals surface area contributed by atoms with Gasteiger partial charge in [-0.3, -0.25) is 4.99 Å². The Morgan fingerprint density at radius 1 is 1.07 bits per heavy atom. The van der Waals surface area contributed by atoms with Crippen molar-refractivity contribution in [3.05, 3.63) is 89.0 Å². The zero-order valence-corrected chi connectivity index (χ0v) is 17.8. The van der Waals surface area contributed by atoms with E-state index in [9.17, 15) is 0 Å². The van der Waals surface area contributed by atoms with E-state index in [4.69, 9.17) is 0 Å². The average Bonchev–Trinajstić information content (AvgIpc) is 3.12. The maximum Gasteiger partial charge on any atom is 0.191 e. The van der Waals surface area contributed by atoms with E-state index in [1.165, 1.54) is 22.3 Å². The number of hydrogen-bond acceptors (Lipinski definition) is 2. The number of benzene rings is 2. The average molecular weight is 390 g/mol. The van der Waals surface area contributed by atoms with Crippen LogP contribution in [0.25, 0.3) is 0 Å². The molecular weight excluding hydrogens is 358 g/mol. The maximum absolute atomic E-state index is 4.36. The SMILES string of the molecule is CN=C(NCc1cccc(Cn2ccnc2C)c1)NCC(C)c1cccc(C)c1. The summed E-state index contributed by atoms with van der Waals surface area (Å²) in [6.45, 7) is 8.79. The number of aromatic nitrogens is 2. The Bertz CT molecular complexity index is 957. The van der Waals surface area contributed by atoms with Crippen molar-refractivity contribution in [2.24, 2.45) is 4.99 Å². The van der Waals surface area contributed by atoms with Crippen LogP contribution < -0.4 is 10.6 Å². The summed E-state index contributed by atoms with van der Waals surface area (Å²) in [4.78, 5) is 8.66. The highest BCUT2D eigenvalue weighted by Crippen LogP contribution is 2.15. The summed E-state index contributed by atoms with van der Waals surface area (Å²) in [7, 11) is 1.81. The van der Waals surface area contributed by atoms with E-state index < -0.39 is 0 Å². The molecule has 1 atom stereocenters. The van der Waals surface area contributed by atoms with Crippen LogP contribution in [0.15, 0.2) is 65.9 Å². The van der Waals surface area contributed by atoms with Gasteiger partial charge in [-0.15, -0.1) is 0 Å². The Morgan fingerprint density at radius 3 is 2.59 bits per heavy atom. The van der Waals surface area contributed by atoms with Gasteiger partial charge in [-0.05, 0) is 36.5 Å². The largest absolute Gasteiger partial charge is 0.356 e. The van der Waals surface area contributed by atoms with Gasteiger partial charge in [0.05, 0.1) is 0 Å². The van der Waals surface area contributed by atoms with Crippen LogP contribution >= 0.6 is 0 Å². The Kier molecular flexibility index (Phi) is 7.06. The fourth-order valence-corrected chi connectivity index (χ4v) is 3.36. The first kappa shape index (κ1) is 20.6. The van der Waals surface area contributed by atoms with E-state index in [0.29, 0.717) is 5.92 Å². The standard InChI is InChI=1S/C24H31N5/c1-18-7-5-10-23(13-18)19(2)15-27-24(25-4)28-16-21-8-6-9-22(14-21)17-29-12-11-26-20(29)3/h5-14,19H,15-17H2,1-4H3,(H2,25,27,28). The van der Waals surface area contributed by atoms with Gasteiger partial charge in [0, 0.05) is 39.1 Å². The predicted molar refractivity (Wildman–Crippen MR) is 120 cm³/mol. The lowest BCUT2D eigenvalue weighted by molar-refractivity contribution is 0.698. The van der Waals surface area contributed by atoms with E-state index in [-0.39, 0.29) is 0 Å². The molecule has 2 N–H and O–H groups in total. The smallest absolute Gasteiger partial charge is 0.191 e. The van der Waals surface area contributed by atoms with Gasteiger partial charge in [0.2, 0.25) is 0 Å². The van der Waals surface area contributed by atoms with Crippen LogP contribution in [0.4, 0.5) is 0 Å². The molecule has 0 radical (unpaired) electrons. The molecule has 3 rings (SSSR count). The van der Waals surface area contributed by atoms with Crippen molar-refractivity contribution in [2.45, 2.75) is 39.8 Å². The molecule has 0 fully saturated rings. The minimum Gasteiger partial charge on any atom is -0.356 e. The van der Waals surface area contributed by atoms with Gasteiger partial charge in [0.15, 0.2) is 5.96 Å². The summed E-state index contributed by atoms with van der Waals surface area (Å²) >= 11 is 0. The molecule has 29 heavy (non-hydrogen) atoms. The molecule has 0 bridgehead atoms. The lowest BCUT2D eigenvalue weighted by Gasteiger charge is -2.17. The third-order valence-electron chi connectivity index (χ3n) is 5.14. The van der Waals surface area contributed by atoms with E-state index in [1.807, 2.05) is 26.4 Å². The molecule has 2 aromatic carbocycles. The molecule has 1 aromatic heterocycles. The molecular formula is C24H31N5. The van der Waals surface area contributed by atoms with E-state index >= 15 is 0 Å². The number of aryl methyl sites for hydroxylation is 2. The summed E-state index contributed by atoms with van der Waals surface area (Å²) in [5, 5.41) is 6.86. The highest BCUT2D eigenvalue weighted by molar-refractivity contribution is 5.79. The van der Waals surface area contributed by atoms with Gasteiger partial charge in [0.1, 0.15) is 5.82 Å². The first-order valence-corrected chi connectivity index (χ1v) is 10.1. The Morgan fingerprint density at radius 2 is 1.86 bits per heavy atom. The highest BCUT2D eigenvalue weighted by Gasteiger charge is 2.07. The monoisotopic (exact) mass is 389 g/mol. The van der Waals surface area contributed by atoms with Crippen molar-refractivity contribution in [1.82, 2.24) is 20.2 Å². The molecule has 0 aliphatic heterocycles. The van der Waals surface area contributed by atoms with E-state index in [1.54, 1.807) is 0 Å². The molecule has 1 unspecified atom stereocenters. The van der Waals surface area contributed by atoms with Crippen LogP contribution in [-0.2, 0) is 13.1 Å². The number of rotatable bonds is 7. The second kappa shape index (κ2) is 9.92. The molecule has 5 nitrogen and oxygen atoms in total. The number of guanidine groups is 1. The Labute approximate surface area is 173 Å². The van der Waals surface area contributed by atoms with Crippen molar-refractivity contribution in [2.75, 3.05) is 13.6 Å². The number of nitrogens with zero attached hydrogens (tertiary/aromatic N) is 3. The van der Waals surface area contributed by atoms with Crippen LogP contribution in [0, 0.1) is 13.8 Å². The molecule has 152 valence electrons. The molecule has 0 aliphatic rings. The van der Waals surface area contributed by atoms with Gasteiger partial charge < -0.3 is 15.2 Å². The van der Waals surface area contributed by atoms with Gasteiger partial charge in [0.25, 0.3) is 0 Å². The second-order valence-corrected chi connectivity index (χ2v) is 7.54. The third-order valence-corrected chi connectivity index (χ3v) is 5.14. The molecule has 0 amide bonds. The lowest BCUT2D eigenvalue weighted by atomic mass is 9.99. The Hall–Kier alpha value is -3.08. The molecule has 0 saturated carbocycles. The first-order valence-electron chi connectivity index (χ1n) is 10.1. The number of imidazole rings is 1. The van der Waals surface area contributed by atoms with E-state index in [2.05, 4.69) is 87.6 Å². The van der Waals surface area contributed by atoms with Gasteiger partial charge in [-0.2, -0.15) is 0 Å². The molecule has 1 heterocycles. The zero-order valence-electron chi connectivity index (χ0n) is 17.8. The van der Waals surface area contributed by atoms with Crippen LogP contribution in [0.2, 0.25) is 0 Å². The molecule has 0 saturated heterocycles. The van der Waals surface area contributed by atoms with Crippen molar-refractivity contribution < 1.29 is 0 Å². The predicted octanol–water partition coefficient (Wildman–Crippen LogP) is 4.02. The van der Waals surface area contributed by atoms with E-state index in [0.717, 1.165) is 31.4 Å². The van der Waals surface area contributed by atoms with Crippen LogP contribution in [-0.4, -0.2) is 29.1 Å². The summed E-state index contributed by atoms with van der Waals surface area (Å²) in [5.74, 6) is 2.26. The minimum absolute atomic E-state index is 0.412. The minimum atomic E-state index is 0.412. The van der Waals surface area contributed by atoms with Crippen LogP contribution in [0.1, 0.15) is 40.9 Å². The highest BCUT2D eigenvalue weighted by atomic mass is 15.2. The third kappa shape index (κ3) is 5.95. The van der Waals surface area contributed by atoms with Gasteiger partial charge in [-0.25, -0.2) is 4.98 Å². The number of nitrogens with one attached hydrogen (secondary N) is 2. The molecule has 0 spiro atoms. The van der Waals surface area contributed by atoms with Crippen molar-refractivity contribution in [3.8, 4) is 0 Å². The summed E-state index contributed by atoms with van der Waals surface area (Å²) < 4.78 is 2.15. The fourth-order valence-electron chi connectivity index (χ4n) is 3.36. The summed E-state index contributed by atoms with van der Waals surface area (Å²) in [5.41, 5.74) is 5.13. The maximum atomic E-state index is 4.36. The normalized spacial score (nSPS) is 12.6. The Balaban J connectivity index is 1.53. The van der Waals surface area contributed by atoms with Crippen molar-refractivity contribution in [1.29, 1.82) is 0 Å². The summed E-state index contributed by atoms with van der Waals surface area (Å²) in [6.07, 6.45) is 3.86. The van der Waals surface area contributed by atoms with Crippen LogP contribution in [0.5, 0.6) is 0 Å². The molecule has 0 aliphatic carbocycles. The molecule has 5 heteroatoms. The van der Waals surface area contributed by atoms with Gasteiger partial charge in [-0.1, -0.05) is 61.0 Å². The molecule has 3 aromatic rings. The number of aliphatic imine (C=N–C) groups is 1. The van der Waals surface area contributed by atoms with Crippen molar-refractivity contribution in [3.63, 3.8) is 0 Å². The summed E-state index contributed by atoms with van der Waals surface area (Å²) in [6, 6.07) is 17.3. The topological polar surface area (TPSA) is 54.2 Å². The van der Waals surface area contributed by atoms with Gasteiger partial charge >= 0.3 is 0 Å². The lowest BCUT2D eigenvalue weighted by Crippen LogP contribution is -2.38. The van der Waals surface area contributed by atoms with Crippen molar-refractivity contribution >= 4 is 5.96 Å². The zero-order chi connectivity index (χ0) is 20.6. The fraction of sp³-hybridized carbons (Fsp3) is 0.333.